The molecule has 116 valence electrons. The fraction of sp³-hybridized carbons (Fsp3) is 0.133. The SMILES string of the molecule is CCOc1c(O)cc(C(=O)c2ccc(O)c(O)c2O)cc1O. The topological polar surface area (TPSA) is 127 Å². The van der Waals surface area contributed by atoms with Crippen LogP contribution in [0.1, 0.15) is 22.8 Å². The van der Waals surface area contributed by atoms with Gasteiger partial charge in [0.15, 0.2) is 28.8 Å². The number of hydrogen-bond donors (Lipinski definition) is 5. The summed E-state index contributed by atoms with van der Waals surface area (Å²) in [6.45, 7) is 1.87. The van der Waals surface area contributed by atoms with Gasteiger partial charge in [-0.25, -0.2) is 0 Å². The number of rotatable bonds is 4. The minimum atomic E-state index is -0.828. The highest BCUT2D eigenvalue weighted by Gasteiger charge is 2.21. The van der Waals surface area contributed by atoms with E-state index in [1.807, 2.05) is 0 Å². The fourth-order valence-corrected chi connectivity index (χ4v) is 1.93. The van der Waals surface area contributed by atoms with E-state index in [0.29, 0.717) is 0 Å². The largest absolute Gasteiger partial charge is 0.504 e. The molecular weight excluding hydrogens is 292 g/mol. The Labute approximate surface area is 125 Å². The summed E-state index contributed by atoms with van der Waals surface area (Å²) in [5.74, 6) is -3.99. The van der Waals surface area contributed by atoms with Gasteiger partial charge in [-0.1, -0.05) is 0 Å². The number of benzene rings is 2. The van der Waals surface area contributed by atoms with E-state index in [2.05, 4.69) is 0 Å². The zero-order chi connectivity index (χ0) is 16.4. The second-order valence-corrected chi connectivity index (χ2v) is 4.44. The van der Waals surface area contributed by atoms with E-state index in [4.69, 9.17) is 4.74 Å². The molecule has 2 aromatic rings. The molecule has 0 fully saturated rings. The molecule has 0 saturated heterocycles. The van der Waals surface area contributed by atoms with Gasteiger partial charge in [-0.2, -0.15) is 0 Å². The standard InChI is InChI=1S/C15H14O7/c1-2-22-15-10(17)5-7(6-11(15)18)12(19)8-3-4-9(16)14(21)13(8)20/h3-6,16-18,20-21H,2H2,1H3. The molecule has 0 saturated carbocycles. The smallest absolute Gasteiger partial charge is 0.203 e. The van der Waals surface area contributed by atoms with Crippen molar-refractivity contribution in [2.24, 2.45) is 0 Å². The third kappa shape index (κ3) is 2.56. The molecule has 0 aromatic heterocycles. The van der Waals surface area contributed by atoms with Crippen molar-refractivity contribution >= 4 is 5.78 Å². The van der Waals surface area contributed by atoms with Crippen LogP contribution in [0.4, 0.5) is 0 Å². The van der Waals surface area contributed by atoms with Crippen LogP contribution in [0.25, 0.3) is 0 Å². The maximum absolute atomic E-state index is 12.3. The summed E-state index contributed by atoms with van der Waals surface area (Å²) < 4.78 is 5.03. The summed E-state index contributed by atoms with van der Waals surface area (Å²) in [7, 11) is 0. The molecule has 0 heterocycles. The van der Waals surface area contributed by atoms with Gasteiger partial charge in [-0.3, -0.25) is 4.79 Å². The van der Waals surface area contributed by atoms with Crippen LogP contribution in [0.2, 0.25) is 0 Å². The van der Waals surface area contributed by atoms with Crippen molar-refractivity contribution < 1.29 is 35.1 Å². The summed E-state index contributed by atoms with van der Waals surface area (Å²) in [6.07, 6.45) is 0. The second kappa shape index (κ2) is 5.72. The molecule has 0 aliphatic heterocycles. The summed E-state index contributed by atoms with van der Waals surface area (Å²) in [5, 5.41) is 47.9. The van der Waals surface area contributed by atoms with Crippen LogP contribution < -0.4 is 4.74 Å². The quantitative estimate of drug-likeness (QED) is 0.431. The highest BCUT2D eigenvalue weighted by atomic mass is 16.5. The maximum atomic E-state index is 12.3. The molecule has 5 N–H and O–H groups in total. The molecule has 0 unspecified atom stereocenters. The Morgan fingerprint density at radius 2 is 1.55 bits per heavy atom. The molecule has 0 amide bonds. The number of carbonyl (C=O) groups excluding carboxylic acids is 1. The van der Waals surface area contributed by atoms with E-state index >= 15 is 0 Å². The first-order valence-corrected chi connectivity index (χ1v) is 6.34. The summed E-state index contributed by atoms with van der Waals surface area (Å²) >= 11 is 0. The average molecular weight is 306 g/mol. The average Bonchev–Trinajstić information content (AvgIpc) is 2.48. The first-order chi connectivity index (χ1) is 10.4. The lowest BCUT2D eigenvalue weighted by molar-refractivity contribution is 0.103. The molecule has 0 bridgehead atoms. The summed E-state index contributed by atoms with van der Waals surface area (Å²) in [6, 6.07) is 4.28. The van der Waals surface area contributed by atoms with Gasteiger partial charge >= 0.3 is 0 Å². The second-order valence-electron chi connectivity index (χ2n) is 4.44. The zero-order valence-corrected chi connectivity index (χ0v) is 11.6. The van der Waals surface area contributed by atoms with E-state index in [9.17, 15) is 30.3 Å². The van der Waals surface area contributed by atoms with Crippen molar-refractivity contribution in [1.29, 1.82) is 0 Å². The van der Waals surface area contributed by atoms with Gasteiger partial charge in [-0.05, 0) is 31.2 Å². The van der Waals surface area contributed by atoms with Crippen molar-refractivity contribution in [1.82, 2.24) is 0 Å². The minimum Gasteiger partial charge on any atom is -0.504 e. The van der Waals surface area contributed by atoms with Crippen molar-refractivity contribution in [2.45, 2.75) is 6.92 Å². The lowest BCUT2D eigenvalue weighted by Gasteiger charge is -2.11. The molecule has 0 atom stereocenters. The summed E-state index contributed by atoms with van der Waals surface area (Å²) in [5.41, 5.74) is -0.419. The van der Waals surface area contributed by atoms with Gasteiger partial charge in [0, 0.05) is 5.56 Å². The van der Waals surface area contributed by atoms with Crippen molar-refractivity contribution in [3.05, 3.63) is 35.4 Å². The Morgan fingerprint density at radius 3 is 2.09 bits per heavy atom. The van der Waals surface area contributed by atoms with Crippen LogP contribution in [0.3, 0.4) is 0 Å². The lowest BCUT2D eigenvalue weighted by Crippen LogP contribution is -2.03. The van der Waals surface area contributed by atoms with Crippen LogP contribution in [0.5, 0.6) is 34.5 Å². The van der Waals surface area contributed by atoms with Crippen molar-refractivity contribution in [2.75, 3.05) is 6.61 Å². The highest BCUT2D eigenvalue weighted by molar-refractivity contribution is 6.11. The van der Waals surface area contributed by atoms with Gasteiger partial charge < -0.3 is 30.3 Å². The van der Waals surface area contributed by atoms with Crippen LogP contribution >= 0.6 is 0 Å². The zero-order valence-electron chi connectivity index (χ0n) is 11.6. The molecule has 0 aliphatic carbocycles. The predicted molar refractivity (Wildman–Crippen MR) is 75.8 cm³/mol. The van der Waals surface area contributed by atoms with Crippen LogP contribution in [-0.2, 0) is 0 Å². The number of phenolic OH excluding ortho intramolecular Hbond substituents is 5. The van der Waals surface area contributed by atoms with E-state index in [-0.39, 0.29) is 23.5 Å². The van der Waals surface area contributed by atoms with E-state index in [0.717, 1.165) is 24.3 Å². The van der Waals surface area contributed by atoms with Gasteiger partial charge in [0.05, 0.1) is 12.2 Å². The molecule has 0 spiro atoms. The highest BCUT2D eigenvalue weighted by Crippen LogP contribution is 2.40. The van der Waals surface area contributed by atoms with Crippen LogP contribution in [0, 0.1) is 0 Å². The molecule has 22 heavy (non-hydrogen) atoms. The molecule has 7 nitrogen and oxygen atoms in total. The monoisotopic (exact) mass is 306 g/mol. The minimum absolute atomic E-state index is 0.126. The molecular formula is C15H14O7. The van der Waals surface area contributed by atoms with Crippen LogP contribution in [-0.4, -0.2) is 37.9 Å². The predicted octanol–water partition coefficient (Wildman–Crippen LogP) is 1.84. The number of hydrogen-bond acceptors (Lipinski definition) is 7. The van der Waals surface area contributed by atoms with Crippen molar-refractivity contribution in [3.63, 3.8) is 0 Å². The first kappa shape index (κ1) is 15.3. The van der Waals surface area contributed by atoms with Gasteiger partial charge in [-0.15, -0.1) is 0 Å². The number of phenols is 5. The molecule has 2 aromatic carbocycles. The number of ketones is 1. The lowest BCUT2D eigenvalue weighted by atomic mass is 10.0. The first-order valence-electron chi connectivity index (χ1n) is 6.34. The third-order valence-corrected chi connectivity index (χ3v) is 2.98. The molecule has 2 rings (SSSR count). The Kier molecular flexibility index (Phi) is 3.98. The van der Waals surface area contributed by atoms with E-state index in [1.165, 1.54) is 0 Å². The molecule has 7 heteroatoms. The Bertz CT molecular complexity index is 714. The van der Waals surface area contributed by atoms with Crippen LogP contribution in [0.15, 0.2) is 24.3 Å². The number of aromatic hydroxyl groups is 5. The maximum Gasteiger partial charge on any atom is 0.203 e. The van der Waals surface area contributed by atoms with E-state index in [1.54, 1.807) is 6.92 Å². The molecule has 0 aliphatic rings. The Balaban J connectivity index is 2.49. The Morgan fingerprint density at radius 1 is 0.955 bits per heavy atom. The van der Waals surface area contributed by atoms with Gasteiger partial charge in [0.1, 0.15) is 0 Å². The third-order valence-electron chi connectivity index (χ3n) is 2.98. The Hall–Kier alpha value is -3.09. The summed E-state index contributed by atoms with van der Waals surface area (Å²) in [4.78, 5) is 12.3. The fourth-order valence-electron chi connectivity index (χ4n) is 1.93. The normalized spacial score (nSPS) is 10.4. The number of ether oxygens (including phenoxy) is 1. The van der Waals surface area contributed by atoms with Crippen molar-refractivity contribution in [3.8, 4) is 34.5 Å². The van der Waals surface area contributed by atoms with Gasteiger partial charge in [0.2, 0.25) is 11.5 Å². The van der Waals surface area contributed by atoms with Gasteiger partial charge in [0.25, 0.3) is 0 Å². The van der Waals surface area contributed by atoms with E-state index < -0.39 is 34.5 Å². The number of carbonyl (C=O) groups is 1. The molecule has 0 radical (unpaired) electrons.